The molecule has 1 saturated heterocycles. The number of rotatable bonds is 3. The van der Waals surface area contributed by atoms with Gasteiger partial charge in [-0.15, -0.1) is 11.8 Å². The lowest BCUT2D eigenvalue weighted by Crippen LogP contribution is -2.46. The van der Waals surface area contributed by atoms with Crippen LogP contribution in [0.5, 0.6) is 0 Å². The third kappa shape index (κ3) is 3.11. The average molecular weight is 325 g/mol. The number of thioether (sulfide) groups is 1. The fraction of sp³-hybridized carbons (Fsp3) is 0.500. The Morgan fingerprint density at radius 1 is 1.32 bits per heavy atom. The zero-order valence-corrected chi connectivity index (χ0v) is 13.9. The molecule has 1 aromatic carbocycles. The summed E-state index contributed by atoms with van der Waals surface area (Å²) in [4.78, 5) is 25.3. The van der Waals surface area contributed by atoms with Gasteiger partial charge in [0.2, 0.25) is 6.41 Å². The number of nitrogens with zero attached hydrogens (tertiary/aromatic N) is 1. The second-order valence-electron chi connectivity index (χ2n) is 6.35. The second kappa shape index (κ2) is 6.28. The van der Waals surface area contributed by atoms with E-state index in [1.54, 1.807) is 12.1 Å². The molecule has 22 heavy (non-hydrogen) atoms. The zero-order valence-electron chi connectivity index (χ0n) is 13.1. The number of halogens is 1. The molecule has 6 heteroatoms. The Balaban J connectivity index is 2.44. The normalized spacial score (nSPS) is 25.1. The average Bonchev–Trinajstić information content (AvgIpc) is 2.86. The van der Waals surface area contributed by atoms with E-state index in [0.717, 1.165) is 5.56 Å². The van der Waals surface area contributed by atoms with Crippen molar-refractivity contribution in [3.63, 3.8) is 0 Å². The Labute approximate surface area is 134 Å². The number of hydrogen-bond acceptors (Lipinski definition) is 4. The molecule has 1 aliphatic heterocycles. The largest absolute Gasteiger partial charge is 0.467 e. The van der Waals surface area contributed by atoms with Crippen LogP contribution in [0.2, 0.25) is 0 Å². The Hall–Kier alpha value is -1.56. The van der Waals surface area contributed by atoms with E-state index in [2.05, 4.69) is 0 Å². The highest BCUT2D eigenvalue weighted by Crippen LogP contribution is 2.51. The van der Waals surface area contributed by atoms with Crippen molar-refractivity contribution in [2.75, 3.05) is 7.11 Å². The molecule has 1 aromatic rings. The summed E-state index contributed by atoms with van der Waals surface area (Å²) in [6.07, 6.45) is 0.702. The van der Waals surface area contributed by atoms with Crippen molar-refractivity contribution in [3.05, 3.63) is 35.6 Å². The Kier molecular flexibility index (Phi) is 4.80. The SMILES string of the molecule is COC(=O)[C@@H]1[C@@H](c2ccc(F)cc2)S[C@H](C(C)(C)C)N1C=O. The van der Waals surface area contributed by atoms with Gasteiger partial charge in [-0.25, -0.2) is 9.18 Å². The van der Waals surface area contributed by atoms with Gasteiger partial charge in [-0.3, -0.25) is 4.79 Å². The van der Waals surface area contributed by atoms with Gasteiger partial charge in [-0.1, -0.05) is 32.9 Å². The highest BCUT2D eigenvalue weighted by Gasteiger charge is 2.50. The molecule has 1 aliphatic rings. The summed E-state index contributed by atoms with van der Waals surface area (Å²) in [5, 5.41) is -0.438. The molecule has 0 spiro atoms. The predicted molar refractivity (Wildman–Crippen MR) is 83.7 cm³/mol. The van der Waals surface area contributed by atoms with E-state index in [9.17, 15) is 14.0 Å². The summed E-state index contributed by atoms with van der Waals surface area (Å²) >= 11 is 1.53. The Morgan fingerprint density at radius 2 is 1.91 bits per heavy atom. The van der Waals surface area contributed by atoms with Crippen molar-refractivity contribution in [3.8, 4) is 0 Å². The van der Waals surface area contributed by atoms with Crippen LogP contribution in [0.25, 0.3) is 0 Å². The minimum atomic E-state index is -0.706. The topological polar surface area (TPSA) is 46.6 Å². The lowest BCUT2D eigenvalue weighted by molar-refractivity contribution is -0.150. The van der Waals surface area contributed by atoms with Gasteiger partial charge in [-0.05, 0) is 23.1 Å². The van der Waals surface area contributed by atoms with E-state index in [-0.39, 0.29) is 21.9 Å². The summed E-state index contributed by atoms with van der Waals surface area (Å²) in [6, 6.07) is 5.32. The van der Waals surface area contributed by atoms with Crippen molar-refractivity contribution in [2.45, 2.75) is 37.4 Å². The molecule has 0 aromatic heterocycles. The van der Waals surface area contributed by atoms with Crippen molar-refractivity contribution in [1.29, 1.82) is 0 Å². The number of methoxy groups -OCH3 is 1. The first-order valence-corrected chi connectivity index (χ1v) is 7.95. The minimum absolute atomic E-state index is 0.163. The lowest BCUT2D eigenvalue weighted by atomic mass is 9.94. The number of benzene rings is 1. The van der Waals surface area contributed by atoms with Crippen LogP contribution in [0.15, 0.2) is 24.3 Å². The van der Waals surface area contributed by atoms with E-state index in [0.29, 0.717) is 6.41 Å². The minimum Gasteiger partial charge on any atom is -0.467 e. The Morgan fingerprint density at radius 3 is 2.36 bits per heavy atom. The van der Waals surface area contributed by atoms with Gasteiger partial charge in [0.1, 0.15) is 11.9 Å². The number of hydrogen-bond donors (Lipinski definition) is 0. The molecule has 2 rings (SSSR count). The maximum absolute atomic E-state index is 13.1. The van der Waals surface area contributed by atoms with Crippen molar-refractivity contribution >= 4 is 24.1 Å². The van der Waals surface area contributed by atoms with E-state index in [1.165, 1.54) is 35.9 Å². The monoisotopic (exact) mass is 325 g/mol. The maximum atomic E-state index is 13.1. The number of esters is 1. The van der Waals surface area contributed by atoms with Gasteiger partial charge >= 0.3 is 5.97 Å². The molecule has 1 heterocycles. The van der Waals surface area contributed by atoms with E-state index < -0.39 is 12.0 Å². The molecule has 0 aliphatic carbocycles. The third-order valence-electron chi connectivity index (χ3n) is 3.66. The van der Waals surface area contributed by atoms with Crippen LogP contribution in [-0.4, -0.2) is 35.8 Å². The first-order valence-electron chi connectivity index (χ1n) is 7.01. The molecular formula is C16H20FNO3S. The smallest absolute Gasteiger partial charge is 0.330 e. The van der Waals surface area contributed by atoms with Crippen LogP contribution in [-0.2, 0) is 14.3 Å². The summed E-state index contributed by atoms with van der Waals surface area (Å²) in [7, 11) is 1.31. The third-order valence-corrected chi connectivity index (χ3v) is 5.69. The van der Waals surface area contributed by atoms with Crippen LogP contribution in [0.3, 0.4) is 0 Å². The first kappa shape index (κ1) is 16.8. The van der Waals surface area contributed by atoms with Crippen molar-refractivity contribution in [1.82, 2.24) is 4.90 Å². The first-order chi connectivity index (χ1) is 10.3. The Bertz CT molecular complexity index is 556. The standard InChI is InChI=1S/C16H20FNO3S/c1-16(2,3)15-18(9-19)12(14(20)21-4)13(22-15)10-5-7-11(17)8-6-10/h5-9,12-13,15H,1-4H3/t12-,13+,15+/m0/s1. The van der Waals surface area contributed by atoms with Gasteiger partial charge in [-0.2, -0.15) is 0 Å². The molecule has 0 bridgehead atoms. The van der Waals surface area contributed by atoms with E-state index >= 15 is 0 Å². The molecule has 0 radical (unpaired) electrons. The molecule has 0 N–H and O–H groups in total. The predicted octanol–water partition coefficient (Wildman–Crippen LogP) is 2.99. The van der Waals surface area contributed by atoms with Crippen LogP contribution < -0.4 is 0 Å². The lowest BCUT2D eigenvalue weighted by Gasteiger charge is -2.33. The second-order valence-corrected chi connectivity index (χ2v) is 7.57. The van der Waals surface area contributed by atoms with Gasteiger partial charge in [0.25, 0.3) is 0 Å². The van der Waals surface area contributed by atoms with E-state index in [4.69, 9.17) is 4.74 Å². The van der Waals surface area contributed by atoms with Crippen molar-refractivity contribution in [2.24, 2.45) is 5.41 Å². The van der Waals surface area contributed by atoms with Gasteiger partial charge in [0.15, 0.2) is 0 Å². The molecular weight excluding hydrogens is 305 g/mol. The van der Waals surface area contributed by atoms with E-state index in [1.807, 2.05) is 20.8 Å². The fourth-order valence-electron chi connectivity index (χ4n) is 2.64. The fourth-order valence-corrected chi connectivity index (χ4v) is 4.36. The van der Waals surface area contributed by atoms with Crippen LogP contribution in [0, 0.1) is 11.2 Å². The van der Waals surface area contributed by atoms with Crippen LogP contribution in [0.4, 0.5) is 4.39 Å². The number of carbonyl (C=O) groups excluding carboxylic acids is 2. The summed E-state index contributed by atoms with van der Waals surface area (Å²) in [5.74, 6) is -0.790. The molecule has 1 amide bonds. The van der Waals surface area contributed by atoms with Gasteiger partial charge < -0.3 is 9.64 Å². The quantitative estimate of drug-likeness (QED) is 0.633. The van der Waals surface area contributed by atoms with Gasteiger partial charge in [0.05, 0.1) is 17.7 Å². The number of ether oxygens (including phenoxy) is 1. The summed E-state index contributed by atoms with van der Waals surface area (Å²) in [5.41, 5.74) is 0.604. The molecule has 1 fully saturated rings. The molecule has 0 unspecified atom stereocenters. The maximum Gasteiger partial charge on any atom is 0.330 e. The molecule has 120 valence electrons. The van der Waals surface area contributed by atoms with Crippen LogP contribution in [0.1, 0.15) is 31.6 Å². The number of amides is 1. The summed E-state index contributed by atoms with van der Waals surface area (Å²) in [6.45, 7) is 6.05. The van der Waals surface area contributed by atoms with Crippen molar-refractivity contribution < 1.29 is 18.7 Å². The highest BCUT2D eigenvalue weighted by atomic mass is 32.2. The summed E-state index contributed by atoms with van der Waals surface area (Å²) < 4.78 is 18.0. The van der Waals surface area contributed by atoms with Gasteiger partial charge in [0, 0.05) is 0 Å². The highest BCUT2D eigenvalue weighted by molar-refractivity contribution is 8.00. The molecule has 4 nitrogen and oxygen atoms in total. The zero-order chi connectivity index (χ0) is 16.5. The van der Waals surface area contributed by atoms with Crippen LogP contribution >= 0.6 is 11.8 Å². The molecule has 3 atom stereocenters. The molecule has 0 saturated carbocycles. The number of carbonyl (C=O) groups is 2.